The van der Waals surface area contributed by atoms with Gasteiger partial charge in [0.15, 0.2) is 0 Å². The van der Waals surface area contributed by atoms with Gasteiger partial charge in [-0.3, -0.25) is 4.90 Å². The Bertz CT molecular complexity index is 319. The molecule has 0 unspecified atom stereocenters. The summed E-state index contributed by atoms with van der Waals surface area (Å²) in [4.78, 5) is 2.67. The third-order valence-corrected chi connectivity index (χ3v) is 5.32. The van der Waals surface area contributed by atoms with E-state index in [-0.39, 0.29) is 5.60 Å². The van der Waals surface area contributed by atoms with Crippen molar-refractivity contribution in [3.05, 3.63) is 0 Å². The molecule has 20 heavy (non-hydrogen) atoms. The van der Waals surface area contributed by atoms with Crippen molar-refractivity contribution in [1.82, 2.24) is 10.2 Å². The maximum Gasteiger partial charge on any atom is 0.0753 e. The molecule has 3 heteroatoms. The van der Waals surface area contributed by atoms with Gasteiger partial charge in [-0.15, -0.1) is 0 Å². The first-order valence-corrected chi connectivity index (χ1v) is 8.67. The highest BCUT2D eigenvalue weighted by atomic mass is 16.5. The van der Waals surface area contributed by atoms with E-state index in [1.165, 1.54) is 58.0 Å². The monoisotopic (exact) mass is 280 g/mol. The summed E-state index contributed by atoms with van der Waals surface area (Å²) in [5.74, 6) is 0. The van der Waals surface area contributed by atoms with Crippen molar-refractivity contribution in [3.63, 3.8) is 0 Å². The Kier molecular flexibility index (Phi) is 4.40. The number of ether oxygens (including phenoxy) is 1. The smallest absolute Gasteiger partial charge is 0.0753 e. The Balaban J connectivity index is 1.59. The summed E-state index contributed by atoms with van der Waals surface area (Å²) in [6, 6.07) is 0.843. The van der Waals surface area contributed by atoms with Crippen LogP contribution >= 0.6 is 0 Å². The number of morpholine rings is 1. The van der Waals surface area contributed by atoms with Gasteiger partial charge in [0.05, 0.1) is 12.2 Å². The van der Waals surface area contributed by atoms with Gasteiger partial charge in [0, 0.05) is 32.2 Å². The predicted octanol–water partition coefficient (Wildman–Crippen LogP) is 2.80. The van der Waals surface area contributed by atoms with Crippen molar-refractivity contribution >= 4 is 0 Å². The molecule has 3 fully saturated rings. The zero-order chi connectivity index (χ0) is 14.1. The Labute approximate surface area is 124 Å². The minimum absolute atomic E-state index is 0.0397. The molecule has 3 aliphatic rings. The van der Waals surface area contributed by atoms with E-state index < -0.39 is 0 Å². The molecule has 0 aromatic carbocycles. The van der Waals surface area contributed by atoms with Crippen LogP contribution in [0.4, 0.5) is 0 Å². The SMILES string of the molecule is CC1(C)CN(CC2(CNC3CC3)CCCCC2)CCO1. The predicted molar refractivity (Wildman–Crippen MR) is 83.0 cm³/mol. The highest BCUT2D eigenvalue weighted by molar-refractivity contribution is 4.93. The second-order valence-corrected chi connectivity index (χ2v) is 8.03. The third kappa shape index (κ3) is 3.96. The molecule has 0 amide bonds. The fraction of sp³-hybridized carbons (Fsp3) is 1.00. The van der Waals surface area contributed by atoms with E-state index in [1.807, 2.05) is 0 Å². The van der Waals surface area contributed by atoms with Crippen LogP contribution in [0.2, 0.25) is 0 Å². The second-order valence-electron chi connectivity index (χ2n) is 8.03. The lowest BCUT2D eigenvalue weighted by Gasteiger charge is -2.45. The molecule has 0 aromatic heterocycles. The van der Waals surface area contributed by atoms with E-state index in [0.717, 1.165) is 25.7 Å². The first-order chi connectivity index (χ1) is 9.57. The summed E-state index contributed by atoms with van der Waals surface area (Å²) in [6.45, 7) is 10.1. The van der Waals surface area contributed by atoms with Gasteiger partial charge in [-0.1, -0.05) is 19.3 Å². The fourth-order valence-electron chi connectivity index (χ4n) is 4.06. The Hall–Kier alpha value is -0.120. The maximum atomic E-state index is 5.87. The molecule has 0 spiro atoms. The zero-order valence-electron chi connectivity index (χ0n) is 13.4. The van der Waals surface area contributed by atoms with E-state index >= 15 is 0 Å². The van der Waals surface area contributed by atoms with Crippen LogP contribution in [0, 0.1) is 5.41 Å². The number of rotatable bonds is 5. The summed E-state index contributed by atoms with van der Waals surface area (Å²) >= 11 is 0. The molecule has 116 valence electrons. The zero-order valence-corrected chi connectivity index (χ0v) is 13.4. The largest absolute Gasteiger partial charge is 0.373 e. The van der Waals surface area contributed by atoms with Crippen LogP contribution < -0.4 is 5.32 Å². The molecule has 1 heterocycles. The van der Waals surface area contributed by atoms with Crippen LogP contribution in [0.15, 0.2) is 0 Å². The molecule has 2 saturated carbocycles. The average molecular weight is 280 g/mol. The first-order valence-electron chi connectivity index (χ1n) is 8.67. The molecule has 3 nitrogen and oxygen atoms in total. The number of nitrogens with zero attached hydrogens (tertiary/aromatic N) is 1. The van der Waals surface area contributed by atoms with Gasteiger partial charge in [-0.2, -0.15) is 0 Å². The van der Waals surface area contributed by atoms with Crippen molar-refractivity contribution in [1.29, 1.82) is 0 Å². The summed E-state index contributed by atoms with van der Waals surface area (Å²) < 4.78 is 5.87. The number of nitrogens with one attached hydrogen (secondary N) is 1. The van der Waals surface area contributed by atoms with Crippen LogP contribution in [0.3, 0.4) is 0 Å². The molecular formula is C17H32N2O. The van der Waals surface area contributed by atoms with E-state index in [0.29, 0.717) is 5.41 Å². The molecule has 1 N–H and O–H groups in total. The minimum atomic E-state index is 0.0397. The van der Waals surface area contributed by atoms with E-state index in [2.05, 4.69) is 24.1 Å². The van der Waals surface area contributed by atoms with Crippen molar-refractivity contribution in [2.45, 2.75) is 70.4 Å². The lowest BCUT2D eigenvalue weighted by molar-refractivity contribution is -0.0964. The summed E-state index contributed by atoms with van der Waals surface area (Å²) in [5, 5.41) is 3.82. The van der Waals surface area contributed by atoms with Crippen LogP contribution in [-0.2, 0) is 4.74 Å². The van der Waals surface area contributed by atoms with Crippen molar-refractivity contribution < 1.29 is 4.74 Å². The van der Waals surface area contributed by atoms with Crippen LogP contribution in [0.5, 0.6) is 0 Å². The van der Waals surface area contributed by atoms with Gasteiger partial charge in [0.25, 0.3) is 0 Å². The van der Waals surface area contributed by atoms with Crippen LogP contribution in [-0.4, -0.2) is 49.3 Å². The standard InChI is InChI=1S/C17H32N2O/c1-16(2)13-19(10-11-20-16)14-17(8-4-3-5-9-17)12-18-15-6-7-15/h15,18H,3-14H2,1-2H3. The highest BCUT2D eigenvalue weighted by Crippen LogP contribution is 2.38. The summed E-state index contributed by atoms with van der Waals surface area (Å²) in [6.07, 6.45) is 9.95. The van der Waals surface area contributed by atoms with E-state index in [4.69, 9.17) is 4.74 Å². The quantitative estimate of drug-likeness (QED) is 0.838. The third-order valence-electron chi connectivity index (χ3n) is 5.32. The molecule has 0 radical (unpaired) electrons. The summed E-state index contributed by atoms with van der Waals surface area (Å²) in [7, 11) is 0. The van der Waals surface area contributed by atoms with Crippen LogP contribution in [0.1, 0.15) is 58.8 Å². The highest BCUT2D eigenvalue weighted by Gasteiger charge is 2.37. The lowest BCUT2D eigenvalue weighted by atomic mass is 9.73. The van der Waals surface area contributed by atoms with E-state index in [1.54, 1.807) is 0 Å². The second kappa shape index (κ2) is 5.94. The van der Waals surface area contributed by atoms with Gasteiger partial charge in [0.1, 0.15) is 0 Å². The average Bonchev–Trinajstić information content (AvgIpc) is 3.20. The first kappa shape index (κ1) is 14.8. The fourth-order valence-corrected chi connectivity index (χ4v) is 4.06. The lowest BCUT2D eigenvalue weighted by Crippen LogP contribution is -2.53. The van der Waals surface area contributed by atoms with Gasteiger partial charge in [-0.05, 0) is 44.9 Å². The minimum Gasteiger partial charge on any atom is -0.373 e. The molecular weight excluding hydrogens is 248 g/mol. The number of hydrogen-bond donors (Lipinski definition) is 1. The summed E-state index contributed by atoms with van der Waals surface area (Å²) in [5.41, 5.74) is 0.576. The topological polar surface area (TPSA) is 24.5 Å². The Morgan fingerprint density at radius 3 is 2.55 bits per heavy atom. The molecule has 0 bridgehead atoms. The molecule has 2 aliphatic carbocycles. The Morgan fingerprint density at radius 1 is 1.15 bits per heavy atom. The van der Waals surface area contributed by atoms with Crippen molar-refractivity contribution in [2.75, 3.05) is 32.8 Å². The normalized spacial score (nSPS) is 30.3. The van der Waals surface area contributed by atoms with Crippen molar-refractivity contribution in [3.8, 4) is 0 Å². The molecule has 0 aromatic rings. The number of hydrogen-bond acceptors (Lipinski definition) is 3. The maximum absolute atomic E-state index is 5.87. The van der Waals surface area contributed by atoms with Gasteiger partial charge < -0.3 is 10.1 Å². The van der Waals surface area contributed by atoms with Crippen molar-refractivity contribution in [2.24, 2.45) is 5.41 Å². The Morgan fingerprint density at radius 2 is 1.90 bits per heavy atom. The molecule has 0 atom stereocenters. The molecule has 1 saturated heterocycles. The van der Waals surface area contributed by atoms with E-state index in [9.17, 15) is 0 Å². The van der Waals surface area contributed by atoms with Gasteiger partial charge in [0.2, 0.25) is 0 Å². The molecule has 3 rings (SSSR count). The molecule has 1 aliphatic heterocycles. The van der Waals surface area contributed by atoms with Gasteiger partial charge in [-0.25, -0.2) is 0 Å². The van der Waals surface area contributed by atoms with Crippen LogP contribution in [0.25, 0.3) is 0 Å². The van der Waals surface area contributed by atoms with Gasteiger partial charge >= 0.3 is 0 Å².